The van der Waals surface area contributed by atoms with Gasteiger partial charge in [0.1, 0.15) is 0 Å². The number of hydrogen-bond donors (Lipinski definition) is 1. The van der Waals surface area contributed by atoms with Crippen LogP contribution in [0.4, 0.5) is 0 Å². The second-order valence-corrected chi connectivity index (χ2v) is 5.80. The Bertz CT molecular complexity index is 429. The predicted molar refractivity (Wildman–Crippen MR) is 85.1 cm³/mol. The molecule has 0 saturated carbocycles. The van der Waals surface area contributed by atoms with Crippen LogP contribution in [-0.4, -0.2) is 19.3 Å². The highest BCUT2D eigenvalue weighted by molar-refractivity contribution is 5.35. The first-order chi connectivity index (χ1) is 9.71. The maximum absolute atomic E-state index is 5.80. The van der Waals surface area contributed by atoms with Crippen LogP contribution in [0.2, 0.25) is 0 Å². The second-order valence-electron chi connectivity index (χ2n) is 5.80. The lowest BCUT2D eigenvalue weighted by Gasteiger charge is -2.29. The van der Waals surface area contributed by atoms with E-state index < -0.39 is 0 Å². The lowest BCUT2D eigenvalue weighted by Crippen LogP contribution is -2.32. The van der Waals surface area contributed by atoms with Crippen molar-refractivity contribution in [3.05, 3.63) is 34.9 Å². The van der Waals surface area contributed by atoms with E-state index in [4.69, 9.17) is 4.74 Å². The van der Waals surface area contributed by atoms with Crippen molar-refractivity contribution < 1.29 is 4.74 Å². The maximum Gasteiger partial charge on any atom is 0.0594 e. The number of ether oxygens (including phenoxy) is 1. The zero-order valence-electron chi connectivity index (χ0n) is 13.4. The van der Waals surface area contributed by atoms with Crippen LogP contribution >= 0.6 is 0 Å². The Morgan fingerprint density at radius 2 is 2.05 bits per heavy atom. The van der Waals surface area contributed by atoms with Gasteiger partial charge in [-0.1, -0.05) is 39.0 Å². The van der Waals surface area contributed by atoms with Crippen LogP contribution in [0.3, 0.4) is 0 Å². The van der Waals surface area contributed by atoms with Gasteiger partial charge < -0.3 is 10.1 Å². The number of nitrogens with one attached hydrogen (secondary N) is 1. The Balaban J connectivity index is 2.36. The van der Waals surface area contributed by atoms with E-state index in [1.54, 1.807) is 0 Å². The largest absolute Gasteiger partial charge is 0.378 e. The van der Waals surface area contributed by atoms with Gasteiger partial charge in [-0.05, 0) is 49.4 Å². The van der Waals surface area contributed by atoms with Crippen LogP contribution in [0.1, 0.15) is 56.8 Å². The minimum absolute atomic E-state index is 0.356. The predicted octanol–water partition coefficient (Wildman–Crippen LogP) is 3.89. The van der Waals surface area contributed by atoms with Crippen molar-refractivity contribution >= 4 is 0 Å². The molecule has 1 aromatic rings. The molecule has 0 bridgehead atoms. The summed E-state index contributed by atoms with van der Waals surface area (Å²) in [6.45, 7) is 10.8. The first kappa shape index (κ1) is 15.5. The van der Waals surface area contributed by atoms with E-state index in [9.17, 15) is 0 Å². The Kier molecular flexibility index (Phi) is 5.62. The van der Waals surface area contributed by atoms with E-state index >= 15 is 0 Å². The van der Waals surface area contributed by atoms with Gasteiger partial charge in [-0.3, -0.25) is 0 Å². The normalized spacial score (nSPS) is 24.0. The van der Waals surface area contributed by atoms with Gasteiger partial charge in [0, 0.05) is 18.6 Å². The average molecular weight is 275 g/mol. The molecular weight excluding hydrogens is 246 g/mol. The van der Waals surface area contributed by atoms with Gasteiger partial charge in [-0.2, -0.15) is 0 Å². The Hall–Kier alpha value is -0.860. The number of aryl methyl sites for hydroxylation is 2. The van der Waals surface area contributed by atoms with Crippen LogP contribution in [0.15, 0.2) is 18.2 Å². The third-order valence-electron chi connectivity index (χ3n) is 4.62. The van der Waals surface area contributed by atoms with E-state index in [1.807, 2.05) is 0 Å². The lowest BCUT2D eigenvalue weighted by molar-refractivity contribution is 0.0955. The molecule has 0 aliphatic carbocycles. The van der Waals surface area contributed by atoms with E-state index in [1.165, 1.54) is 23.1 Å². The first-order valence-corrected chi connectivity index (χ1v) is 8.17. The Labute approximate surface area is 123 Å². The van der Waals surface area contributed by atoms with Crippen molar-refractivity contribution in [1.82, 2.24) is 5.32 Å². The SMILES string of the molecule is CCNC(c1cc(CC)ccc1CC)C1CCOC1C. The topological polar surface area (TPSA) is 21.3 Å². The van der Waals surface area contributed by atoms with Crippen LogP contribution < -0.4 is 5.32 Å². The van der Waals surface area contributed by atoms with Crippen molar-refractivity contribution in [1.29, 1.82) is 0 Å². The molecule has 0 aromatic heterocycles. The van der Waals surface area contributed by atoms with E-state index in [0.29, 0.717) is 18.1 Å². The molecule has 0 radical (unpaired) electrons. The zero-order chi connectivity index (χ0) is 14.5. The molecule has 0 spiro atoms. The van der Waals surface area contributed by atoms with Gasteiger partial charge in [0.05, 0.1) is 6.10 Å². The summed E-state index contributed by atoms with van der Waals surface area (Å²) in [7, 11) is 0. The lowest BCUT2D eigenvalue weighted by atomic mass is 9.84. The molecule has 2 heteroatoms. The second kappa shape index (κ2) is 7.24. The van der Waals surface area contributed by atoms with Crippen molar-refractivity contribution in [2.45, 2.75) is 59.1 Å². The summed E-state index contributed by atoms with van der Waals surface area (Å²) < 4.78 is 5.80. The van der Waals surface area contributed by atoms with Gasteiger partial charge in [0.15, 0.2) is 0 Å². The molecule has 20 heavy (non-hydrogen) atoms. The maximum atomic E-state index is 5.80. The minimum Gasteiger partial charge on any atom is -0.378 e. The zero-order valence-corrected chi connectivity index (χ0v) is 13.4. The van der Waals surface area contributed by atoms with Gasteiger partial charge in [-0.15, -0.1) is 0 Å². The molecule has 1 heterocycles. The molecule has 2 rings (SSSR count). The Morgan fingerprint density at radius 1 is 1.25 bits per heavy atom. The molecule has 1 aliphatic rings. The summed E-state index contributed by atoms with van der Waals surface area (Å²) >= 11 is 0. The van der Waals surface area contributed by atoms with Crippen LogP contribution in [-0.2, 0) is 17.6 Å². The summed E-state index contributed by atoms with van der Waals surface area (Å²) in [5.74, 6) is 0.590. The third-order valence-corrected chi connectivity index (χ3v) is 4.62. The molecule has 1 fully saturated rings. The molecule has 1 aromatic carbocycles. The summed E-state index contributed by atoms with van der Waals surface area (Å²) in [6.07, 6.45) is 3.72. The summed E-state index contributed by atoms with van der Waals surface area (Å²) in [4.78, 5) is 0. The molecule has 1 saturated heterocycles. The monoisotopic (exact) mass is 275 g/mol. The molecule has 0 amide bonds. The Morgan fingerprint density at radius 3 is 2.60 bits per heavy atom. The highest BCUT2D eigenvalue weighted by Crippen LogP contribution is 2.35. The third kappa shape index (κ3) is 3.24. The van der Waals surface area contributed by atoms with Gasteiger partial charge >= 0.3 is 0 Å². The van der Waals surface area contributed by atoms with E-state index in [2.05, 4.69) is 51.2 Å². The van der Waals surface area contributed by atoms with Crippen molar-refractivity contribution in [2.24, 2.45) is 5.92 Å². The van der Waals surface area contributed by atoms with Crippen molar-refractivity contribution in [3.8, 4) is 0 Å². The van der Waals surface area contributed by atoms with Crippen LogP contribution in [0.5, 0.6) is 0 Å². The summed E-state index contributed by atoms with van der Waals surface area (Å²) in [5, 5.41) is 3.72. The average Bonchev–Trinajstić information content (AvgIpc) is 2.90. The molecule has 3 atom stereocenters. The van der Waals surface area contributed by atoms with Gasteiger partial charge in [-0.25, -0.2) is 0 Å². The minimum atomic E-state index is 0.356. The van der Waals surface area contributed by atoms with Crippen LogP contribution in [0.25, 0.3) is 0 Å². The molecule has 3 unspecified atom stereocenters. The standard InChI is InChI=1S/C18H29NO/c1-5-14-8-9-15(6-2)17(12-14)18(19-7-3)16-10-11-20-13(16)4/h8-9,12-13,16,18-19H,5-7,10-11H2,1-4H3. The molecule has 2 nitrogen and oxygen atoms in total. The highest BCUT2D eigenvalue weighted by Gasteiger charge is 2.33. The first-order valence-electron chi connectivity index (χ1n) is 8.17. The molecular formula is C18H29NO. The highest BCUT2D eigenvalue weighted by atomic mass is 16.5. The van der Waals surface area contributed by atoms with E-state index in [-0.39, 0.29) is 0 Å². The smallest absolute Gasteiger partial charge is 0.0594 e. The fourth-order valence-corrected chi connectivity index (χ4v) is 3.37. The number of rotatable bonds is 6. The van der Waals surface area contributed by atoms with Crippen molar-refractivity contribution in [2.75, 3.05) is 13.2 Å². The fourth-order valence-electron chi connectivity index (χ4n) is 3.37. The summed E-state index contributed by atoms with van der Waals surface area (Å²) in [5.41, 5.74) is 4.41. The molecule has 1 N–H and O–H groups in total. The van der Waals surface area contributed by atoms with E-state index in [0.717, 1.165) is 26.0 Å². The summed E-state index contributed by atoms with van der Waals surface area (Å²) in [6, 6.07) is 7.44. The fraction of sp³-hybridized carbons (Fsp3) is 0.667. The van der Waals surface area contributed by atoms with Crippen molar-refractivity contribution in [3.63, 3.8) is 0 Å². The number of benzene rings is 1. The molecule has 1 aliphatic heterocycles. The van der Waals surface area contributed by atoms with Crippen LogP contribution in [0, 0.1) is 5.92 Å². The quantitative estimate of drug-likeness (QED) is 0.850. The molecule has 112 valence electrons. The number of hydrogen-bond acceptors (Lipinski definition) is 2. The van der Waals surface area contributed by atoms with Gasteiger partial charge in [0.2, 0.25) is 0 Å². The van der Waals surface area contributed by atoms with Gasteiger partial charge in [0.25, 0.3) is 0 Å².